The zero-order chi connectivity index (χ0) is 5.70. The summed E-state index contributed by atoms with van der Waals surface area (Å²) in [5.74, 6) is 2.53. The van der Waals surface area contributed by atoms with Gasteiger partial charge in [-0.1, -0.05) is 19.6 Å². The Labute approximate surface area is 50.7 Å². The van der Waals surface area contributed by atoms with Crippen LogP contribution in [0.25, 0.3) is 0 Å². The first-order valence-electron chi connectivity index (χ1n) is 2.36. The minimum atomic E-state index is 0.344. The molecule has 1 radical (unpaired) electrons. The van der Waals surface area contributed by atoms with E-state index < -0.39 is 0 Å². The van der Waals surface area contributed by atoms with E-state index in [1.54, 1.807) is 0 Å². The van der Waals surface area contributed by atoms with Crippen molar-refractivity contribution in [1.29, 1.82) is 0 Å². The van der Waals surface area contributed by atoms with Crippen LogP contribution in [-0.2, 0) is 0 Å². The minimum Gasteiger partial charge on any atom is -0.120 e. The summed E-state index contributed by atoms with van der Waals surface area (Å²) in [6.45, 7) is 1.99. The Kier molecular flexibility index (Phi) is 4.03. The predicted octanol–water partition coefficient (Wildman–Crippen LogP) is 1.99. The van der Waals surface area contributed by atoms with Gasteiger partial charge in [0.1, 0.15) is 0 Å². The number of terminal acetylenes is 1. The fourth-order valence-corrected chi connectivity index (χ4v) is 0.404. The van der Waals surface area contributed by atoms with Crippen LogP contribution in [0.3, 0.4) is 0 Å². The molecule has 0 rings (SSSR count). The molecule has 1 atom stereocenters. The van der Waals surface area contributed by atoms with Gasteiger partial charge in [0.2, 0.25) is 0 Å². The van der Waals surface area contributed by atoms with E-state index in [1.807, 2.05) is 6.92 Å². The van der Waals surface area contributed by atoms with Crippen molar-refractivity contribution in [3.05, 3.63) is 0 Å². The van der Waals surface area contributed by atoms with Crippen molar-refractivity contribution in [2.75, 3.05) is 0 Å². The molecular formula is C6H9S. The molecule has 0 amide bonds. The van der Waals surface area contributed by atoms with Crippen LogP contribution >= 0.6 is 12.6 Å². The first-order chi connectivity index (χ1) is 3.27. The van der Waals surface area contributed by atoms with Gasteiger partial charge in [-0.25, -0.2) is 0 Å². The van der Waals surface area contributed by atoms with E-state index in [4.69, 9.17) is 19.1 Å². The van der Waals surface area contributed by atoms with Gasteiger partial charge in [0, 0.05) is 11.7 Å². The van der Waals surface area contributed by atoms with Crippen LogP contribution in [0.15, 0.2) is 0 Å². The van der Waals surface area contributed by atoms with Crippen molar-refractivity contribution >= 4 is 12.6 Å². The van der Waals surface area contributed by atoms with Crippen LogP contribution in [-0.4, -0.2) is 5.25 Å². The van der Waals surface area contributed by atoms with E-state index in [9.17, 15) is 0 Å². The van der Waals surface area contributed by atoms with Gasteiger partial charge in [0.05, 0.1) is 0 Å². The van der Waals surface area contributed by atoms with E-state index >= 15 is 0 Å². The highest BCUT2D eigenvalue weighted by atomic mass is 32.1. The molecule has 0 aliphatic heterocycles. The lowest BCUT2D eigenvalue weighted by Gasteiger charge is -1.93. The maximum Gasteiger partial charge on any atom is 0.0132 e. The van der Waals surface area contributed by atoms with Gasteiger partial charge in [0.15, 0.2) is 0 Å². The highest BCUT2D eigenvalue weighted by molar-refractivity contribution is 7.80. The molecule has 0 heterocycles. The lowest BCUT2D eigenvalue weighted by molar-refractivity contribution is 0.852. The summed E-state index contributed by atoms with van der Waals surface area (Å²) in [5.41, 5.74) is 0. The minimum absolute atomic E-state index is 0.344. The zero-order valence-corrected chi connectivity index (χ0v) is 5.29. The lowest BCUT2D eigenvalue weighted by Crippen LogP contribution is -1.87. The highest BCUT2D eigenvalue weighted by Crippen LogP contribution is 2.00. The van der Waals surface area contributed by atoms with Gasteiger partial charge in [-0.15, -0.1) is 12.3 Å². The Bertz CT molecular complexity index is 68.7. The summed E-state index contributed by atoms with van der Waals surface area (Å²) < 4.78 is 0. The molecule has 0 aromatic carbocycles. The average Bonchev–Trinajstić information content (AvgIpc) is 1.61. The second kappa shape index (κ2) is 4.08. The summed E-state index contributed by atoms with van der Waals surface area (Å²) in [4.78, 5) is 0. The molecule has 0 aromatic heterocycles. The molecule has 0 saturated carbocycles. The summed E-state index contributed by atoms with van der Waals surface area (Å²) in [7, 11) is 0. The maximum atomic E-state index is 4.98. The fraction of sp³-hybridized carbons (Fsp3) is 0.667. The Balaban J connectivity index is 2.86. The van der Waals surface area contributed by atoms with Crippen molar-refractivity contribution in [3.8, 4) is 12.3 Å². The van der Waals surface area contributed by atoms with E-state index in [1.165, 1.54) is 0 Å². The van der Waals surface area contributed by atoms with Gasteiger partial charge in [0.25, 0.3) is 0 Å². The molecule has 0 fully saturated rings. The molecule has 1 heteroatoms. The standard InChI is InChI=1S/C6H9S/c1-3-4-5-6(2)7/h1,6H,4-5H2,2H3. The number of hydrogen-bond donors (Lipinski definition) is 0. The second-order valence-corrected chi connectivity index (χ2v) is 2.36. The average molecular weight is 113 g/mol. The maximum absolute atomic E-state index is 4.98. The van der Waals surface area contributed by atoms with Crippen LogP contribution in [0.4, 0.5) is 0 Å². The van der Waals surface area contributed by atoms with E-state index in [2.05, 4.69) is 5.92 Å². The van der Waals surface area contributed by atoms with E-state index in [-0.39, 0.29) is 0 Å². The third kappa shape index (κ3) is 5.91. The number of hydrogen-bond acceptors (Lipinski definition) is 0. The van der Waals surface area contributed by atoms with E-state index in [0.29, 0.717) is 5.25 Å². The molecule has 0 spiro atoms. The summed E-state index contributed by atoms with van der Waals surface area (Å²) >= 11 is 4.85. The van der Waals surface area contributed by atoms with Crippen molar-refractivity contribution in [2.45, 2.75) is 25.0 Å². The lowest BCUT2D eigenvalue weighted by atomic mass is 10.3. The van der Waals surface area contributed by atoms with E-state index in [0.717, 1.165) is 12.8 Å². The van der Waals surface area contributed by atoms with Crippen LogP contribution in [0.5, 0.6) is 0 Å². The van der Waals surface area contributed by atoms with Gasteiger partial charge < -0.3 is 0 Å². The molecule has 7 heavy (non-hydrogen) atoms. The predicted molar refractivity (Wildman–Crippen MR) is 35.1 cm³/mol. The highest BCUT2D eigenvalue weighted by Gasteiger charge is 1.89. The van der Waals surface area contributed by atoms with Crippen LogP contribution in [0.2, 0.25) is 0 Å². The first-order valence-corrected chi connectivity index (χ1v) is 2.83. The van der Waals surface area contributed by atoms with Gasteiger partial charge >= 0.3 is 0 Å². The molecule has 0 bridgehead atoms. The Morgan fingerprint density at radius 1 is 1.86 bits per heavy atom. The first kappa shape index (κ1) is 6.91. The quantitative estimate of drug-likeness (QED) is 0.480. The van der Waals surface area contributed by atoms with Gasteiger partial charge in [-0.05, 0) is 6.42 Å². The molecule has 39 valence electrons. The molecular weight excluding hydrogens is 104 g/mol. The van der Waals surface area contributed by atoms with Crippen LogP contribution in [0, 0.1) is 12.3 Å². The third-order valence-corrected chi connectivity index (χ3v) is 0.931. The van der Waals surface area contributed by atoms with Gasteiger partial charge in [-0.2, -0.15) is 0 Å². The molecule has 0 N–H and O–H groups in total. The molecule has 0 saturated heterocycles. The van der Waals surface area contributed by atoms with Crippen molar-refractivity contribution in [1.82, 2.24) is 0 Å². The zero-order valence-electron chi connectivity index (χ0n) is 4.48. The summed E-state index contributed by atoms with van der Waals surface area (Å²) in [6.07, 6.45) is 6.78. The number of rotatable bonds is 2. The Morgan fingerprint density at radius 2 is 2.43 bits per heavy atom. The monoisotopic (exact) mass is 113 g/mol. The van der Waals surface area contributed by atoms with Gasteiger partial charge in [-0.3, -0.25) is 0 Å². The van der Waals surface area contributed by atoms with Crippen molar-refractivity contribution in [2.24, 2.45) is 0 Å². The summed E-state index contributed by atoms with van der Waals surface area (Å²) in [6, 6.07) is 0. The van der Waals surface area contributed by atoms with Crippen molar-refractivity contribution in [3.63, 3.8) is 0 Å². The van der Waals surface area contributed by atoms with Crippen LogP contribution in [0.1, 0.15) is 19.8 Å². The Morgan fingerprint density at radius 3 is 2.57 bits per heavy atom. The smallest absolute Gasteiger partial charge is 0.0132 e. The largest absolute Gasteiger partial charge is 0.120 e. The fourth-order valence-electron chi connectivity index (χ4n) is 0.287. The second-order valence-electron chi connectivity index (χ2n) is 1.55. The molecule has 0 nitrogen and oxygen atoms in total. The molecule has 0 aliphatic carbocycles. The Hall–Kier alpha value is -0.0900. The third-order valence-electron chi connectivity index (χ3n) is 0.695. The van der Waals surface area contributed by atoms with Crippen LogP contribution < -0.4 is 0 Å². The summed E-state index contributed by atoms with van der Waals surface area (Å²) in [5, 5.41) is 0.344. The molecule has 1 unspecified atom stereocenters. The normalized spacial score (nSPS) is 12.7. The molecule has 0 aliphatic rings. The topological polar surface area (TPSA) is 0 Å². The van der Waals surface area contributed by atoms with Crippen molar-refractivity contribution < 1.29 is 0 Å². The SMILES string of the molecule is C#CCCC(C)[S]. The molecule has 0 aromatic rings.